The highest BCUT2D eigenvalue weighted by Crippen LogP contribution is 2.21. The molecule has 1 aromatic rings. The van der Waals surface area contributed by atoms with Crippen LogP contribution in [-0.2, 0) is 16.0 Å². The first kappa shape index (κ1) is 18.5. The van der Waals surface area contributed by atoms with E-state index in [9.17, 15) is 14.7 Å². The molecule has 0 radical (unpaired) electrons. The normalized spacial score (nSPS) is 17.7. The number of aliphatic hydroxyl groups is 1. The van der Waals surface area contributed by atoms with Crippen LogP contribution < -0.4 is 0 Å². The summed E-state index contributed by atoms with van der Waals surface area (Å²) in [7, 11) is 0. The van der Waals surface area contributed by atoms with Crippen molar-refractivity contribution in [2.24, 2.45) is 11.8 Å². The fourth-order valence-corrected chi connectivity index (χ4v) is 3.12. The molecular weight excluding hydrogens is 304 g/mol. The summed E-state index contributed by atoms with van der Waals surface area (Å²) in [6, 6.07) is 10.1. The topological polar surface area (TPSA) is 60.9 Å². The van der Waals surface area contributed by atoms with Crippen molar-refractivity contribution in [3.8, 4) is 0 Å². The molecule has 0 spiro atoms. The van der Waals surface area contributed by atoms with Gasteiger partial charge >= 0.3 is 0 Å². The molecule has 2 rings (SSSR count). The lowest BCUT2D eigenvalue weighted by Crippen LogP contribution is -2.54. The number of rotatable bonds is 5. The van der Waals surface area contributed by atoms with Crippen LogP contribution >= 0.6 is 0 Å². The highest BCUT2D eigenvalue weighted by Gasteiger charge is 2.31. The van der Waals surface area contributed by atoms with Crippen LogP contribution in [0.3, 0.4) is 0 Å². The Morgan fingerprint density at radius 2 is 1.46 bits per heavy atom. The molecule has 1 aliphatic rings. The van der Waals surface area contributed by atoms with Gasteiger partial charge in [-0.25, -0.2) is 0 Å². The monoisotopic (exact) mass is 332 g/mol. The maximum absolute atomic E-state index is 12.9. The number of aliphatic hydroxyl groups excluding tert-OH is 1. The van der Waals surface area contributed by atoms with Crippen LogP contribution in [0.5, 0.6) is 0 Å². The van der Waals surface area contributed by atoms with Gasteiger partial charge in [0.25, 0.3) is 5.91 Å². The molecule has 1 heterocycles. The summed E-state index contributed by atoms with van der Waals surface area (Å²) in [5.41, 5.74) is 1.17. The Morgan fingerprint density at radius 3 is 1.92 bits per heavy atom. The minimum atomic E-state index is -0.978. The second-order valence-corrected chi connectivity index (χ2v) is 6.87. The molecule has 5 heteroatoms. The van der Waals surface area contributed by atoms with E-state index in [0.717, 1.165) is 6.42 Å². The summed E-state index contributed by atoms with van der Waals surface area (Å²) in [6.45, 7) is 7.70. The Morgan fingerprint density at radius 1 is 0.958 bits per heavy atom. The van der Waals surface area contributed by atoms with Gasteiger partial charge in [-0.3, -0.25) is 9.59 Å². The second-order valence-electron chi connectivity index (χ2n) is 6.87. The molecule has 0 aliphatic carbocycles. The van der Waals surface area contributed by atoms with Crippen LogP contribution in [0.2, 0.25) is 0 Å². The molecule has 0 aromatic heterocycles. The molecule has 1 fully saturated rings. The predicted octanol–water partition coefficient (Wildman–Crippen LogP) is 1.55. The van der Waals surface area contributed by atoms with Gasteiger partial charge < -0.3 is 14.9 Å². The van der Waals surface area contributed by atoms with E-state index in [1.165, 1.54) is 12.5 Å². The van der Waals surface area contributed by atoms with Gasteiger partial charge in [0.05, 0.1) is 0 Å². The summed E-state index contributed by atoms with van der Waals surface area (Å²) in [5.74, 6) is 0.117. The third-order valence-electron chi connectivity index (χ3n) is 4.68. The molecule has 1 saturated heterocycles. The van der Waals surface area contributed by atoms with Crippen molar-refractivity contribution >= 4 is 11.8 Å². The van der Waals surface area contributed by atoms with Crippen molar-refractivity contribution in [2.45, 2.75) is 33.3 Å². The zero-order valence-corrected chi connectivity index (χ0v) is 14.8. The Bertz CT molecular complexity index is 549. The Kier molecular flexibility index (Phi) is 6.37. The van der Waals surface area contributed by atoms with Gasteiger partial charge in [-0.05, 0) is 24.8 Å². The molecule has 2 unspecified atom stereocenters. The summed E-state index contributed by atoms with van der Waals surface area (Å²) in [5, 5.41) is 9.40. The van der Waals surface area contributed by atoms with Crippen LogP contribution in [0.1, 0.15) is 26.3 Å². The summed E-state index contributed by atoms with van der Waals surface area (Å²) in [6.07, 6.45) is -0.238. The van der Waals surface area contributed by atoms with Crippen LogP contribution in [0.15, 0.2) is 30.3 Å². The quantitative estimate of drug-likeness (QED) is 0.890. The Labute approximate surface area is 144 Å². The van der Waals surface area contributed by atoms with E-state index in [1.807, 2.05) is 23.1 Å². The summed E-state index contributed by atoms with van der Waals surface area (Å²) < 4.78 is 0. The lowest BCUT2D eigenvalue weighted by atomic mass is 9.88. The minimum absolute atomic E-state index is 0.0496. The summed E-state index contributed by atoms with van der Waals surface area (Å²) >= 11 is 0. The van der Waals surface area contributed by atoms with E-state index in [-0.39, 0.29) is 23.7 Å². The van der Waals surface area contributed by atoms with Crippen molar-refractivity contribution in [1.29, 1.82) is 0 Å². The molecule has 132 valence electrons. The number of piperazine rings is 1. The minimum Gasteiger partial charge on any atom is -0.384 e. The van der Waals surface area contributed by atoms with Gasteiger partial charge in [-0.1, -0.05) is 44.2 Å². The lowest BCUT2D eigenvalue weighted by molar-refractivity contribution is -0.146. The van der Waals surface area contributed by atoms with Gasteiger partial charge in [-0.15, -0.1) is 0 Å². The van der Waals surface area contributed by atoms with Crippen LogP contribution in [0, 0.1) is 11.8 Å². The van der Waals surface area contributed by atoms with Gasteiger partial charge in [0.15, 0.2) is 0 Å². The Hall–Kier alpha value is -1.88. The maximum Gasteiger partial charge on any atom is 0.251 e. The van der Waals surface area contributed by atoms with Crippen LogP contribution in [0.25, 0.3) is 0 Å². The summed E-state index contributed by atoms with van der Waals surface area (Å²) in [4.78, 5) is 28.3. The molecule has 2 amide bonds. The first-order valence-corrected chi connectivity index (χ1v) is 8.69. The highest BCUT2D eigenvalue weighted by atomic mass is 16.3. The molecule has 0 bridgehead atoms. The second kappa shape index (κ2) is 8.29. The zero-order chi connectivity index (χ0) is 17.7. The highest BCUT2D eigenvalue weighted by molar-refractivity contribution is 5.82. The van der Waals surface area contributed by atoms with Gasteiger partial charge in [0.2, 0.25) is 5.91 Å². The number of amides is 2. The molecule has 1 aromatic carbocycles. The number of hydrogen-bond donors (Lipinski definition) is 1. The number of benzene rings is 1. The standard InChI is InChI=1S/C19H28N2O3/c1-14(2)17(13-16-7-5-4-6-8-16)19(24)21-11-9-20(10-12-21)18(23)15(3)22/h4-8,14-15,17,22H,9-13H2,1-3H3. The molecule has 0 saturated carbocycles. The van der Waals surface area contributed by atoms with Crippen molar-refractivity contribution in [1.82, 2.24) is 9.80 Å². The molecule has 1 aliphatic heterocycles. The number of carbonyl (C=O) groups is 2. The zero-order valence-electron chi connectivity index (χ0n) is 14.8. The van der Waals surface area contributed by atoms with Gasteiger partial charge in [0.1, 0.15) is 6.10 Å². The fourth-order valence-electron chi connectivity index (χ4n) is 3.12. The number of hydrogen-bond acceptors (Lipinski definition) is 3. The number of nitrogens with zero attached hydrogens (tertiary/aromatic N) is 2. The fraction of sp³-hybridized carbons (Fsp3) is 0.579. The number of carbonyl (C=O) groups excluding carboxylic acids is 2. The third kappa shape index (κ3) is 4.57. The van der Waals surface area contributed by atoms with Crippen molar-refractivity contribution < 1.29 is 14.7 Å². The lowest BCUT2D eigenvalue weighted by Gasteiger charge is -2.37. The van der Waals surface area contributed by atoms with Gasteiger partial charge in [-0.2, -0.15) is 0 Å². The molecule has 5 nitrogen and oxygen atoms in total. The maximum atomic E-state index is 12.9. The van der Waals surface area contributed by atoms with Crippen molar-refractivity contribution in [3.63, 3.8) is 0 Å². The van der Waals surface area contributed by atoms with Crippen molar-refractivity contribution in [3.05, 3.63) is 35.9 Å². The van der Waals surface area contributed by atoms with E-state index in [0.29, 0.717) is 26.2 Å². The van der Waals surface area contributed by atoms with Crippen LogP contribution in [0.4, 0.5) is 0 Å². The smallest absolute Gasteiger partial charge is 0.251 e. The molecule has 24 heavy (non-hydrogen) atoms. The van der Waals surface area contributed by atoms with E-state index >= 15 is 0 Å². The molecule has 1 N–H and O–H groups in total. The average molecular weight is 332 g/mol. The van der Waals surface area contributed by atoms with E-state index < -0.39 is 6.10 Å². The SMILES string of the molecule is CC(O)C(=O)N1CCN(C(=O)C(Cc2ccccc2)C(C)C)CC1. The van der Waals surface area contributed by atoms with Crippen molar-refractivity contribution in [2.75, 3.05) is 26.2 Å². The molecular formula is C19H28N2O3. The van der Waals surface area contributed by atoms with E-state index in [1.54, 1.807) is 4.90 Å². The Balaban J connectivity index is 1.97. The largest absolute Gasteiger partial charge is 0.384 e. The predicted molar refractivity (Wildman–Crippen MR) is 93.3 cm³/mol. The van der Waals surface area contributed by atoms with E-state index in [4.69, 9.17) is 0 Å². The first-order chi connectivity index (χ1) is 11.4. The molecule has 2 atom stereocenters. The average Bonchev–Trinajstić information content (AvgIpc) is 2.59. The third-order valence-corrected chi connectivity index (χ3v) is 4.68. The first-order valence-electron chi connectivity index (χ1n) is 8.69. The van der Waals surface area contributed by atoms with Crippen LogP contribution in [-0.4, -0.2) is 59.0 Å². The van der Waals surface area contributed by atoms with E-state index in [2.05, 4.69) is 26.0 Å². The van der Waals surface area contributed by atoms with Gasteiger partial charge in [0, 0.05) is 32.1 Å².